The highest BCUT2D eigenvalue weighted by molar-refractivity contribution is 5.90. The maximum Gasteiger partial charge on any atom is 0.340 e. The monoisotopic (exact) mass is 196 g/mol. The number of methoxy groups -OCH3 is 1. The summed E-state index contributed by atoms with van der Waals surface area (Å²) >= 11 is 0. The third kappa shape index (κ3) is 1.87. The Labute approximate surface area is 80.2 Å². The summed E-state index contributed by atoms with van der Waals surface area (Å²) in [6, 6.07) is 1.20. The molecule has 5 heteroatoms. The Morgan fingerprint density at radius 1 is 1.71 bits per heavy atom. The molecule has 0 spiro atoms. The number of carbonyl (C=O) groups excluding carboxylic acids is 1. The first-order valence-corrected chi connectivity index (χ1v) is 3.75. The van der Waals surface area contributed by atoms with Crippen molar-refractivity contribution in [1.29, 1.82) is 0 Å². The first-order chi connectivity index (χ1) is 6.56. The van der Waals surface area contributed by atoms with E-state index in [1.165, 1.54) is 13.2 Å². The molecule has 0 aliphatic rings. The van der Waals surface area contributed by atoms with Crippen LogP contribution >= 0.6 is 0 Å². The Kier molecular flexibility index (Phi) is 2.81. The van der Waals surface area contributed by atoms with Gasteiger partial charge in [-0.15, -0.1) is 0 Å². The number of rotatable bonds is 2. The molecule has 0 aromatic carbocycles. The normalized spacial score (nSPS) is 9.57. The molecule has 0 saturated heterocycles. The van der Waals surface area contributed by atoms with E-state index < -0.39 is 11.8 Å². The van der Waals surface area contributed by atoms with Gasteiger partial charge in [0.1, 0.15) is 0 Å². The Morgan fingerprint density at radius 3 is 2.86 bits per heavy atom. The van der Waals surface area contributed by atoms with Crippen LogP contribution in [0.25, 0.3) is 5.70 Å². The summed E-state index contributed by atoms with van der Waals surface area (Å²) in [6.45, 7) is 3.42. The summed E-state index contributed by atoms with van der Waals surface area (Å²) in [7, 11) is 1.17. The van der Waals surface area contributed by atoms with Crippen molar-refractivity contribution in [1.82, 2.24) is 4.98 Å². The average Bonchev–Trinajstić information content (AvgIpc) is 2.17. The number of pyridine rings is 1. The fourth-order valence-electron chi connectivity index (χ4n) is 0.881. The van der Waals surface area contributed by atoms with Crippen LogP contribution in [0.1, 0.15) is 16.1 Å². The van der Waals surface area contributed by atoms with Gasteiger partial charge in [0.05, 0.1) is 30.3 Å². The number of carbonyl (C=O) groups is 1. The smallest absolute Gasteiger partial charge is 0.340 e. The lowest BCUT2D eigenvalue weighted by molar-refractivity contribution is 0.0595. The van der Waals surface area contributed by atoms with Crippen LogP contribution in [0.2, 0.25) is 0 Å². The number of hydrogen-bond donors (Lipinski definition) is 1. The van der Waals surface area contributed by atoms with Gasteiger partial charge in [0.25, 0.3) is 0 Å². The molecule has 0 radical (unpaired) electrons. The minimum absolute atomic E-state index is 0.162. The van der Waals surface area contributed by atoms with Gasteiger partial charge in [-0.25, -0.2) is 9.18 Å². The van der Waals surface area contributed by atoms with Crippen LogP contribution in [-0.2, 0) is 4.74 Å². The summed E-state index contributed by atoms with van der Waals surface area (Å²) < 4.78 is 17.4. The van der Waals surface area contributed by atoms with Gasteiger partial charge in [0.15, 0.2) is 5.82 Å². The summed E-state index contributed by atoms with van der Waals surface area (Å²) in [5.74, 6) is -1.52. The van der Waals surface area contributed by atoms with Crippen molar-refractivity contribution in [3.63, 3.8) is 0 Å². The summed E-state index contributed by atoms with van der Waals surface area (Å²) in [5, 5.41) is 0. The number of nitrogens with zero attached hydrogens (tertiary/aromatic N) is 1. The van der Waals surface area contributed by atoms with Crippen molar-refractivity contribution in [3.8, 4) is 0 Å². The van der Waals surface area contributed by atoms with E-state index in [0.717, 1.165) is 6.20 Å². The van der Waals surface area contributed by atoms with Crippen LogP contribution in [0.4, 0.5) is 4.39 Å². The number of aromatic nitrogens is 1. The number of halogens is 1. The summed E-state index contributed by atoms with van der Waals surface area (Å²) in [4.78, 5) is 14.7. The molecule has 0 aliphatic carbocycles. The molecule has 0 unspecified atom stereocenters. The lowest BCUT2D eigenvalue weighted by atomic mass is 10.2. The van der Waals surface area contributed by atoms with Gasteiger partial charge in [-0.3, -0.25) is 4.98 Å². The third-order valence-electron chi connectivity index (χ3n) is 1.59. The molecule has 0 saturated carbocycles. The predicted octanol–water partition coefficient (Wildman–Crippen LogP) is 0.937. The van der Waals surface area contributed by atoms with Crippen molar-refractivity contribution in [2.75, 3.05) is 7.11 Å². The minimum atomic E-state index is -0.771. The van der Waals surface area contributed by atoms with Gasteiger partial charge in [0.2, 0.25) is 0 Å². The lowest BCUT2D eigenvalue weighted by Gasteiger charge is -2.03. The van der Waals surface area contributed by atoms with Crippen LogP contribution in [0, 0.1) is 5.82 Å². The molecule has 1 heterocycles. The van der Waals surface area contributed by atoms with Crippen molar-refractivity contribution < 1.29 is 13.9 Å². The molecule has 1 aromatic rings. The Bertz CT molecular complexity index is 390. The molecule has 0 fully saturated rings. The molecular weight excluding hydrogens is 187 g/mol. The maximum atomic E-state index is 13.0. The van der Waals surface area contributed by atoms with Crippen molar-refractivity contribution in [2.24, 2.45) is 5.73 Å². The van der Waals surface area contributed by atoms with E-state index in [9.17, 15) is 9.18 Å². The number of esters is 1. The fraction of sp³-hybridized carbons (Fsp3) is 0.111. The molecule has 0 atom stereocenters. The zero-order chi connectivity index (χ0) is 10.7. The quantitative estimate of drug-likeness (QED) is 0.715. The minimum Gasteiger partial charge on any atom is -0.465 e. The number of hydrogen-bond acceptors (Lipinski definition) is 4. The van der Waals surface area contributed by atoms with Crippen LogP contribution in [0.15, 0.2) is 18.8 Å². The zero-order valence-electron chi connectivity index (χ0n) is 7.58. The first kappa shape index (κ1) is 10.2. The lowest BCUT2D eigenvalue weighted by Crippen LogP contribution is -2.07. The van der Waals surface area contributed by atoms with Crippen molar-refractivity contribution in [2.45, 2.75) is 0 Å². The van der Waals surface area contributed by atoms with Crippen molar-refractivity contribution >= 4 is 11.7 Å². The Morgan fingerprint density at radius 2 is 2.36 bits per heavy atom. The fourth-order valence-corrected chi connectivity index (χ4v) is 0.881. The number of ether oxygens (including phenoxy) is 1. The second kappa shape index (κ2) is 3.87. The molecule has 4 nitrogen and oxygen atoms in total. The van der Waals surface area contributed by atoms with Gasteiger partial charge in [-0.2, -0.15) is 0 Å². The SMILES string of the molecule is C=C(N)c1cc(C(=O)OC)c(F)cn1. The molecule has 74 valence electrons. The second-order valence-corrected chi connectivity index (χ2v) is 2.57. The van der Waals surface area contributed by atoms with E-state index in [0.29, 0.717) is 0 Å². The molecule has 14 heavy (non-hydrogen) atoms. The molecule has 0 bridgehead atoms. The average molecular weight is 196 g/mol. The number of nitrogens with two attached hydrogens (primary N) is 1. The molecule has 1 rings (SSSR count). The molecule has 0 amide bonds. The molecule has 2 N–H and O–H groups in total. The van der Waals surface area contributed by atoms with Gasteiger partial charge in [-0.05, 0) is 6.07 Å². The first-order valence-electron chi connectivity index (χ1n) is 3.75. The van der Waals surface area contributed by atoms with Crippen LogP contribution in [0.5, 0.6) is 0 Å². The van der Waals surface area contributed by atoms with Gasteiger partial charge < -0.3 is 10.5 Å². The standard InChI is InChI=1S/C9H9FN2O2/c1-5(11)8-3-6(9(13)14-2)7(10)4-12-8/h3-4H,1,11H2,2H3. The zero-order valence-corrected chi connectivity index (χ0v) is 7.58. The van der Waals surface area contributed by atoms with Crippen LogP contribution in [0.3, 0.4) is 0 Å². The van der Waals surface area contributed by atoms with E-state index in [1.54, 1.807) is 0 Å². The highest BCUT2D eigenvalue weighted by atomic mass is 19.1. The van der Waals surface area contributed by atoms with E-state index in [1.807, 2.05) is 0 Å². The largest absolute Gasteiger partial charge is 0.465 e. The summed E-state index contributed by atoms with van der Waals surface area (Å²) in [5.41, 5.74) is 5.56. The van der Waals surface area contributed by atoms with E-state index >= 15 is 0 Å². The topological polar surface area (TPSA) is 65.2 Å². The molecule has 0 aliphatic heterocycles. The van der Waals surface area contributed by atoms with Crippen molar-refractivity contribution in [3.05, 3.63) is 35.9 Å². The molecule has 1 aromatic heterocycles. The highest BCUT2D eigenvalue weighted by Gasteiger charge is 2.13. The van der Waals surface area contributed by atoms with E-state index in [4.69, 9.17) is 5.73 Å². The van der Waals surface area contributed by atoms with Gasteiger partial charge in [0, 0.05) is 0 Å². The van der Waals surface area contributed by atoms with Gasteiger partial charge in [-0.1, -0.05) is 6.58 Å². The second-order valence-electron chi connectivity index (χ2n) is 2.57. The Hall–Kier alpha value is -1.91. The highest BCUT2D eigenvalue weighted by Crippen LogP contribution is 2.11. The Balaban J connectivity index is 3.21. The third-order valence-corrected chi connectivity index (χ3v) is 1.59. The van der Waals surface area contributed by atoms with E-state index in [2.05, 4.69) is 16.3 Å². The van der Waals surface area contributed by atoms with Crippen LogP contribution < -0.4 is 5.73 Å². The predicted molar refractivity (Wildman–Crippen MR) is 48.8 cm³/mol. The molecular formula is C9H9FN2O2. The van der Waals surface area contributed by atoms with Crippen LogP contribution in [-0.4, -0.2) is 18.1 Å². The van der Waals surface area contributed by atoms with E-state index in [-0.39, 0.29) is 17.0 Å². The van der Waals surface area contributed by atoms with Gasteiger partial charge >= 0.3 is 5.97 Å². The maximum absolute atomic E-state index is 13.0. The summed E-state index contributed by atoms with van der Waals surface area (Å²) in [6.07, 6.45) is 0.902.